The first-order valence-electron chi connectivity index (χ1n) is 5.35. The van der Waals surface area contributed by atoms with Crippen LogP contribution in [0.15, 0.2) is 12.1 Å². The topological polar surface area (TPSA) is 24.9 Å². The van der Waals surface area contributed by atoms with Crippen LogP contribution >= 0.6 is 21.0 Å². The van der Waals surface area contributed by atoms with Gasteiger partial charge in [-0.05, 0) is 24.5 Å². The van der Waals surface area contributed by atoms with Crippen LogP contribution in [0.25, 0.3) is 0 Å². The third-order valence-electron chi connectivity index (χ3n) is 2.34. The molecule has 1 heterocycles. The molecule has 1 rings (SSSR count). The molecule has 1 atom stereocenters. The van der Waals surface area contributed by atoms with E-state index in [-0.39, 0.29) is 0 Å². The second kappa shape index (κ2) is 7.16. The summed E-state index contributed by atoms with van der Waals surface area (Å²) in [5, 5.41) is 3.64. The molecule has 4 heteroatoms. The second-order valence-corrected chi connectivity index (χ2v) is 4.34. The molecule has 1 N–H and O–H groups in total. The molecule has 84 valence electrons. The van der Waals surface area contributed by atoms with Gasteiger partial charge in [0.2, 0.25) is 0 Å². The minimum absolute atomic E-state index is 0.592. The van der Waals surface area contributed by atoms with Gasteiger partial charge in [-0.3, -0.25) is 0 Å². The average molecular weight is 245 g/mol. The maximum atomic E-state index is 5.89. The van der Waals surface area contributed by atoms with Crippen molar-refractivity contribution in [3.8, 4) is 0 Å². The summed E-state index contributed by atoms with van der Waals surface area (Å²) in [5.74, 6) is 0. The van der Waals surface area contributed by atoms with Crippen LogP contribution in [-0.4, -0.2) is 11.5 Å². The van der Waals surface area contributed by atoms with Gasteiger partial charge in [-0.1, -0.05) is 40.4 Å². The highest BCUT2D eigenvalue weighted by Crippen LogP contribution is 2.14. The zero-order valence-electron chi connectivity index (χ0n) is 9.09. The number of rotatable bonds is 6. The number of unbranched alkanes of at least 4 members (excludes halogenated alkanes) is 1. The van der Waals surface area contributed by atoms with Crippen molar-refractivity contribution in [1.29, 1.82) is 0 Å². The van der Waals surface area contributed by atoms with Gasteiger partial charge in [0.05, 0.1) is 0 Å². The fourth-order valence-corrected chi connectivity index (χ4v) is 1.81. The van der Waals surface area contributed by atoms with E-state index in [0.717, 1.165) is 25.1 Å². The van der Waals surface area contributed by atoms with E-state index in [1.807, 2.05) is 6.07 Å². The van der Waals surface area contributed by atoms with Crippen molar-refractivity contribution in [3.05, 3.63) is 28.5 Å². The lowest BCUT2D eigenvalue weighted by Gasteiger charge is -2.08. The molecule has 1 aromatic rings. The summed E-state index contributed by atoms with van der Waals surface area (Å²) in [5.41, 5.74) is 2.47. The van der Waals surface area contributed by atoms with Crippen LogP contribution in [0.4, 0.5) is 0 Å². The molecule has 15 heavy (non-hydrogen) atoms. The highest BCUT2D eigenvalue weighted by atomic mass is 35.5. The summed E-state index contributed by atoms with van der Waals surface area (Å²) in [6, 6.07) is 3.98. The van der Waals surface area contributed by atoms with Gasteiger partial charge in [0.1, 0.15) is 5.15 Å². The van der Waals surface area contributed by atoms with E-state index in [9.17, 15) is 0 Å². The van der Waals surface area contributed by atoms with Crippen LogP contribution < -0.4 is 5.09 Å². The molecular formula is C11H18ClN2P. The lowest BCUT2D eigenvalue weighted by atomic mass is 10.1. The molecule has 0 saturated carbocycles. The predicted molar refractivity (Wildman–Crippen MR) is 69.3 cm³/mol. The van der Waals surface area contributed by atoms with E-state index < -0.39 is 0 Å². The van der Waals surface area contributed by atoms with Crippen LogP contribution in [0, 0.1) is 0 Å². The van der Waals surface area contributed by atoms with E-state index in [1.54, 1.807) is 0 Å². The minimum atomic E-state index is 0.592. The van der Waals surface area contributed by atoms with Crippen molar-refractivity contribution >= 4 is 21.0 Å². The smallest absolute Gasteiger partial charge is 0.129 e. The van der Waals surface area contributed by atoms with Crippen molar-refractivity contribution in [3.63, 3.8) is 0 Å². The Morgan fingerprint density at radius 1 is 1.40 bits per heavy atom. The van der Waals surface area contributed by atoms with Crippen LogP contribution in [-0.2, 0) is 12.8 Å². The maximum Gasteiger partial charge on any atom is 0.129 e. The Hall–Kier alpha value is -0.170. The third kappa shape index (κ3) is 4.46. The molecule has 0 radical (unpaired) electrons. The van der Waals surface area contributed by atoms with E-state index >= 15 is 0 Å². The predicted octanol–water partition coefficient (Wildman–Crippen LogP) is 3.00. The number of hydrogen-bond acceptors (Lipinski definition) is 2. The molecule has 1 aromatic heterocycles. The largest absolute Gasteiger partial charge is 0.300 e. The molecular weight excluding hydrogens is 227 g/mol. The Morgan fingerprint density at radius 3 is 2.87 bits per heavy atom. The molecule has 0 bridgehead atoms. The van der Waals surface area contributed by atoms with Gasteiger partial charge < -0.3 is 5.09 Å². The van der Waals surface area contributed by atoms with Gasteiger partial charge in [-0.2, -0.15) is 0 Å². The molecule has 0 fully saturated rings. The first-order valence-corrected chi connectivity index (χ1v) is 6.31. The van der Waals surface area contributed by atoms with Crippen molar-refractivity contribution in [1.82, 2.24) is 10.1 Å². The highest BCUT2D eigenvalue weighted by molar-refractivity contribution is 7.13. The number of aryl methyl sites for hydroxylation is 1. The second-order valence-electron chi connectivity index (χ2n) is 3.55. The van der Waals surface area contributed by atoms with Crippen LogP contribution in [0.5, 0.6) is 0 Å². The van der Waals surface area contributed by atoms with E-state index in [1.165, 1.54) is 18.4 Å². The van der Waals surface area contributed by atoms with Crippen molar-refractivity contribution < 1.29 is 0 Å². The summed E-state index contributed by atoms with van der Waals surface area (Å²) in [6.45, 7) is 3.12. The number of nitrogens with one attached hydrogen (secondary N) is 1. The third-order valence-corrected chi connectivity index (χ3v) is 2.84. The van der Waals surface area contributed by atoms with Gasteiger partial charge in [0, 0.05) is 18.7 Å². The van der Waals surface area contributed by atoms with Crippen molar-refractivity contribution in [2.75, 3.05) is 6.54 Å². The Kier molecular flexibility index (Phi) is 6.16. The summed E-state index contributed by atoms with van der Waals surface area (Å²) in [6.07, 6.45) is 4.46. The van der Waals surface area contributed by atoms with Crippen molar-refractivity contribution in [2.24, 2.45) is 0 Å². The molecule has 0 spiro atoms. The van der Waals surface area contributed by atoms with Crippen molar-refractivity contribution in [2.45, 2.75) is 32.6 Å². The Bertz CT molecular complexity index is 305. The Balaban J connectivity index is 2.73. The Labute approximate surface area is 99.1 Å². The van der Waals surface area contributed by atoms with Gasteiger partial charge in [0.25, 0.3) is 0 Å². The van der Waals surface area contributed by atoms with Crippen LogP contribution in [0.3, 0.4) is 0 Å². The highest BCUT2D eigenvalue weighted by Gasteiger charge is 2.04. The fraction of sp³-hybridized carbons (Fsp3) is 0.545. The molecule has 2 nitrogen and oxygen atoms in total. The molecule has 1 unspecified atom stereocenters. The zero-order chi connectivity index (χ0) is 11.1. The van der Waals surface area contributed by atoms with Gasteiger partial charge in [0.15, 0.2) is 0 Å². The number of pyridine rings is 1. The number of nitrogens with zero attached hydrogens (tertiary/aromatic N) is 1. The summed E-state index contributed by atoms with van der Waals surface area (Å²) < 4.78 is 0. The quantitative estimate of drug-likeness (QED) is 0.615. The number of halogens is 1. The first-order chi connectivity index (χ1) is 7.27. The zero-order valence-corrected chi connectivity index (χ0v) is 11.0. The molecule has 0 aromatic carbocycles. The number of hydrogen-bond donors (Lipinski definition) is 1. The monoisotopic (exact) mass is 244 g/mol. The van der Waals surface area contributed by atoms with Crippen LogP contribution in [0.1, 0.15) is 31.0 Å². The van der Waals surface area contributed by atoms with Gasteiger partial charge >= 0.3 is 0 Å². The first kappa shape index (κ1) is 12.9. The fourth-order valence-electron chi connectivity index (χ4n) is 1.51. The maximum absolute atomic E-state index is 5.89. The molecule has 0 aliphatic heterocycles. The molecule has 0 aliphatic carbocycles. The normalized spacial score (nSPS) is 10.6. The van der Waals surface area contributed by atoms with E-state index in [0.29, 0.717) is 5.15 Å². The van der Waals surface area contributed by atoms with E-state index in [2.05, 4.69) is 32.5 Å². The summed E-state index contributed by atoms with van der Waals surface area (Å²) in [4.78, 5) is 4.38. The summed E-state index contributed by atoms with van der Waals surface area (Å²) >= 11 is 5.89. The lowest BCUT2D eigenvalue weighted by molar-refractivity contribution is 0.770. The standard InChI is InChI=1S/C11H18ClN2P/c1-2-3-4-9-5-6-11(12)14-10(9)7-8-13-15/h5-6,13H,2-4,7-8,15H2,1H3. The lowest BCUT2D eigenvalue weighted by Crippen LogP contribution is -2.08. The SMILES string of the molecule is CCCCc1ccc(Cl)nc1CCNP. The number of aromatic nitrogens is 1. The molecule has 0 aliphatic rings. The van der Waals surface area contributed by atoms with Crippen LogP contribution in [0.2, 0.25) is 5.15 Å². The van der Waals surface area contributed by atoms with Gasteiger partial charge in [-0.25, -0.2) is 4.98 Å². The van der Waals surface area contributed by atoms with Gasteiger partial charge in [-0.15, -0.1) is 0 Å². The minimum Gasteiger partial charge on any atom is -0.300 e. The summed E-state index contributed by atoms with van der Waals surface area (Å²) in [7, 11) is 2.50. The average Bonchev–Trinajstić information content (AvgIpc) is 2.25. The molecule has 0 amide bonds. The molecule has 0 saturated heterocycles. The Morgan fingerprint density at radius 2 is 2.20 bits per heavy atom. The van der Waals surface area contributed by atoms with E-state index in [4.69, 9.17) is 11.6 Å².